The minimum absolute atomic E-state index is 0.0417. The zero-order chi connectivity index (χ0) is 20.1. The second-order valence-corrected chi connectivity index (χ2v) is 5.76. The third kappa shape index (κ3) is 5.48. The molecule has 0 fully saturated rings. The lowest BCUT2D eigenvalue weighted by Crippen LogP contribution is -3.11. The van der Waals surface area contributed by atoms with Crippen molar-refractivity contribution in [2.75, 3.05) is 30.8 Å². The maximum absolute atomic E-state index is 13.5. The number of amides is 2. The van der Waals surface area contributed by atoms with Crippen molar-refractivity contribution in [3.8, 4) is 0 Å². The second kappa shape index (κ2) is 8.58. The molecule has 0 aliphatic carbocycles. The average Bonchev–Trinajstić information content (AvgIpc) is 2.58. The molecule has 0 aromatic heterocycles. The summed E-state index contributed by atoms with van der Waals surface area (Å²) in [6, 6.07) is 4.37. The zero-order valence-electron chi connectivity index (χ0n) is 14.0. The van der Waals surface area contributed by atoms with Gasteiger partial charge in [0.25, 0.3) is 11.8 Å². The molecule has 0 bridgehead atoms. The number of anilines is 2. The zero-order valence-corrected chi connectivity index (χ0v) is 14.0. The quantitative estimate of drug-likeness (QED) is 0.519. The minimum Gasteiger partial charge on any atom is -0.322 e. The summed E-state index contributed by atoms with van der Waals surface area (Å²) < 4.78 is 65.4. The standard InChI is InChI=1S/C17H14F5N3O2/c1-25(7-14(26)23-9-2-3-10(18)12(20)6-9)8-15(27)24-13-5-4-11(19)16(21)17(13)22/h2-6H,7-8H2,1H3,(H,23,26)(H,24,27)/p+1. The Labute approximate surface area is 150 Å². The molecule has 3 N–H and O–H groups in total. The molecule has 0 saturated heterocycles. The molecule has 10 heteroatoms. The number of hydrogen-bond acceptors (Lipinski definition) is 2. The van der Waals surface area contributed by atoms with Gasteiger partial charge in [0, 0.05) is 11.8 Å². The molecular formula is C17H15F5N3O2+. The van der Waals surface area contributed by atoms with E-state index in [1.807, 2.05) is 0 Å². The van der Waals surface area contributed by atoms with Gasteiger partial charge in [-0.15, -0.1) is 0 Å². The van der Waals surface area contributed by atoms with Crippen molar-refractivity contribution in [3.63, 3.8) is 0 Å². The smallest absolute Gasteiger partial charge is 0.279 e. The summed E-state index contributed by atoms with van der Waals surface area (Å²) in [4.78, 5) is 24.1. The fourth-order valence-corrected chi connectivity index (χ4v) is 2.21. The first kappa shape index (κ1) is 20.3. The largest absolute Gasteiger partial charge is 0.322 e. The molecule has 2 amide bonds. The molecule has 0 aliphatic rings. The summed E-state index contributed by atoms with van der Waals surface area (Å²) in [5, 5.41) is 4.42. The molecule has 0 radical (unpaired) electrons. The van der Waals surface area contributed by atoms with Gasteiger partial charge in [0.15, 0.2) is 42.2 Å². The van der Waals surface area contributed by atoms with E-state index in [1.165, 1.54) is 13.1 Å². The van der Waals surface area contributed by atoms with Crippen LogP contribution in [-0.4, -0.2) is 32.0 Å². The highest BCUT2D eigenvalue weighted by Gasteiger charge is 2.18. The van der Waals surface area contributed by atoms with Crippen molar-refractivity contribution in [1.82, 2.24) is 0 Å². The van der Waals surface area contributed by atoms with Crippen LogP contribution >= 0.6 is 0 Å². The van der Waals surface area contributed by atoms with E-state index in [2.05, 4.69) is 10.6 Å². The lowest BCUT2D eigenvalue weighted by molar-refractivity contribution is -0.862. The molecular weight excluding hydrogens is 373 g/mol. The van der Waals surface area contributed by atoms with Gasteiger partial charge in [0.2, 0.25) is 0 Å². The first-order valence-corrected chi connectivity index (χ1v) is 7.67. The predicted molar refractivity (Wildman–Crippen MR) is 86.6 cm³/mol. The van der Waals surface area contributed by atoms with Crippen LogP contribution < -0.4 is 15.5 Å². The van der Waals surface area contributed by atoms with Crippen molar-refractivity contribution in [2.24, 2.45) is 0 Å². The Balaban J connectivity index is 1.88. The summed E-state index contributed by atoms with van der Waals surface area (Å²) in [5.74, 6) is -8.12. The molecule has 0 aliphatic heterocycles. The van der Waals surface area contributed by atoms with E-state index < -0.39 is 46.6 Å². The van der Waals surface area contributed by atoms with E-state index in [0.717, 1.165) is 18.2 Å². The van der Waals surface area contributed by atoms with E-state index in [1.54, 1.807) is 0 Å². The number of hydrogen-bond donors (Lipinski definition) is 3. The summed E-state index contributed by atoms with van der Waals surface area (Å²) in [6.45, 7) is -0.504. The maximum Gasteiger partial charge on any atom is 0.279 e. The number of carbonyl (C=O) groups excluding carboxylic acids is 2. The highest BCUT2D eigenvalue weighted by Crippen LogP contribution is 2.19. The Kier molecular flexibility index (Phi) is 6.45. The molecule has 1 atom stereocenters. The molecule has 2 aromatic rings. The number of nitrogens with one attached hydrogen (secondary N) is 3. The summed E-state index contributed by atoms with van der Waals surface area (Å²) in [6.07, 6.45) is 0. The van der Waals surface area contributed by atoms with E-state index in [0.29, 0.717) is 11.0 Å². The Morgan fingerprint density at radius 3 is 2.04 bits per heavy atom. The second-order valence-electron chi connectivity index (χ2n) is 5.76. The number of rotatable bonds is 6. The highest BCUT2D eigenvalue weighted by atomic mass is 19.2. The molecule has 2 rings (SSSR count). The molecule has 0 spiro atoms. The summed E-state index contributed by atoms with van der Waals surface area (Å²) >= 11 is 0. The molecule has 0 heterocycles. The van der Waals surface area contributed by atoms with Crippen LogP contribution in [0.2, 0.25) is 0 Å². The lowest BCUT2D eigenvalue weighted by atomic mass is 10.2. The Hall–Kier alpha value is -3.01. The molecule has 5 nitrogen and oxygen atoms in total. The van der Waals surface area contributed by atoms with Gasteiger partial charge in [-0.25, -0.2) is 22.0 Å². The number of likely N-dealkylation sites (N-methyl/N-ethyl adjacent to an activating group) is 1. The van der Waals surface area contributed by atoms with E-state index in [-0.39, 0.29) is 18.8 Å². The van der Waals surface area contributed by atoms with Crippen LogP contribution in [0.4, 0.5) is 33.3 Å². The fourth-order valence-electron chi connectivity index (χ4n) is 2.21. The van der Waals surface area contributed by atoms with Gasteiger partial charge in [0.05, 0.1) is 12.7 Å². The molecule has 2 aromatic carbocycles. The van der Waals surface area contributed by atoms with Crippen molar-refractivity contribution >= 4 is 23.2 Å². The van der Waals surface area contributed by atoms with Crippen molar-refractivity contribution in [2.45, 2.75) is 0 Å². The van der Waals surface area contributed by atoms with E-state index in [9.17, 15) is 31.5 Å². The number of benzene rings is 2. The molecule has 1 unspecified atom stereocenters. The first-order valence-electron chi connectivity index (χ1n) is 7.67. The van der Waals surface area contributed by atoms with Crippen molar-refractivity contribution in [1.29, 1.82) is 0 Å². The van der Waals surface area contributed by atoms with Gasteiger partial charge < -0.3 is 15.5 Å². The monoisotopic (exact) mass is 388 g/mol. The molecule has 27 heavy (non-hydrogen) atoms. The molecule has 144 valence electrons. The Morgan fingerprint density at radius 2 is 1.41 bits per heavy atom. The van der Waals surface area contributed by atoms with Crippen LogP contribution in [0.5, 0.6) is 0 Å². The van der Waals surface area contributed by atoms with Crippen molar-refractivity contribution < 1.29 is 36.4 Å². The van der Waals surface area contributed by atoms with Gasteiger partial charge in [-0.3, -0.25) is 9.59 Å². The average molecular weight is 388 g/mol. The van der Waals surface area contributed by atoms with Gasteiger partial charge >= 0.3 is 0 Å². The third-order valence-electron chi connectivity index (χ3n) is 3.44. The Bertz CT molecular complexity index is 876. The maximum atomic E-state index is 13.5. The van der Waals surface area contributed by atoms with Crippen LogP contribution in [0.3, 0.4) is 0 Å². The van der Waals surface area contributed by atoms with E-state index >= 15 is 0 Å². The topological polar surface area (TPSA) is 62.6 Å². The van der Waals surface area contributed by atoms with Crippen LogP contribution in [0.15, 0.2) is 30.3 Å². The Morgan fingerprint density at radius 1 is 0.815 bits per heavy atom. The fraction of sp³-hybridized carbons (Fsp3) is 0.176. The van der Waals surface area contributed by atoms with Gasteiger partial charge in [-0.1, -0.05) is 0 Å². The first-order chi connectivity index (χ1) is 12.7. The van der Waals surface area contributed by atoms with Gasteiger partial charge in [0.1, 0.15) is 0 Å². The van der Waals surface area contributed by atoms with Gasteiger partial charge in [-0.05, 0) is 24.3 Å². The third-order valence-corrected chi connectivity index (χ3v) is 3.44. The van der Waals surface area contributed by atoms with Crippen LogP contribution in [0.1, 0.15) is 0 Å². The summed E-state index contributed by atoms with van der Waals surface area (Å²) in [5.41, 5.74) is -0.488. The lowest BCUT2D eigenvalue weighted by Gasteiger charge is -2.14. The highest BCUT2D eigenvalue weighted by molar-refractivity contribution is 5.93. The van der Waals surface area contributed by atoms with E-state index in [4.69, 9.17) is 0 Å². The normalized spacial score (nSPS) is 11.8. The molecule has 0 saturated carbocycles. The number of halogens is 5. The van der Waals surface area contributed by atoms with Crippen molar-refractivity contribution in [3.05, 3.63) is 59.4 Å². The summed E-state index contributed by atoms with van der Waals surface area (Å²) in [7, 11) is 1.48. The SMILES string of the molecule is C[NH+](CC(=O)Nc1ccc(F)c(F)c1)CC(=O)Nc1ccc(F)c(F)c1F. The number of quaternary nitrogens is 1. The van der Waals surface area contributed by atoms with Gasteiger partial charge in [-0.2, -0.15) is 0 Å². The van der Waals surface area contributed by atoms with Crippen LogP contribution in [0, 0.1) is 29.1 Å². The number of carbonyl (C=O) groups is 2. The minimum atomic E-state index is -1.71. The van der Waals surface area contributed by atoms with Crippen LogP contribution in [0.25, 0.3) is 0 Å². The van der Waals surface area contributed by atoms with Crippen LogP contribution in [-0.2, 0) is 9.59 Å². The predicted octanol–water partition coefficient (Wildman–Crippen LogP) is 1.47.